The predicted octanol–water partition coefficient (Wildman–Crippen LogP) is 4.82. The third-order valence-corrected chi connectivity index (χ3v) is 6.64. The lowest BCUT2D eigenvalue weighted by atomic mass is 9.95. The summed E-state index contributed by atoms with van der Waals surface area (Å²) in [5, 5.41) is 8.63. The minimum Gasteiger partial charge on any atom is -0.353 e. The Kier molecular flexibility index (Phi) is 7.03. The fraction of sp³-hybridized carbons (Fsp3) is 0.538. The Morgan fingerprint density at radius 2 is 1.03 bits per heavy atom. The van der Waals surface area contributed by atoms with Crippen LogP contribution < -0.4 is 10.6 Å². The monoisotopic (exact) mass is 406 g/mol. The van der Waals surface area contributed by atoms with E-state index in [-0.39, 0.29) is 11.8 Å². The van der Waals surface area contributed by atoms with Crippen LogP contribution in [0.5, 0.6) is 0 Å². The van der Waals surface area contributed by atoms with Crippen molar-refractivity contribution in [3.63, 3.8) is 0 Å². The van der Waals surface area contributed by atoms with Crippen LogP contribution in [0.3, 0.4) is 0 Å². The summed E-state index contributed by atoms with van der Waals surface area (Å²) in [6.45, 7) is 0. The number of fused-ring (bicyclic) bond motifs is 1. The van der Waals surface area contributed by atoms with Gasteiger partial charge in [0.15, 0.2) is 0 Å². The number of rotatable bonds is 6. The quantitative estimate of drug-likeness (QED) is 0.722. The zero-order valence-electron chi connectivity index (χ0n) is 17.9. The molecule has 2 aliphatic rings. The highest BCUT2D eigenvalue weighted by Gasteiger charge is 2.17. The Bertz CT molecular complexity index is 806. The maximum atomic E-state index is 12.4. The van der Waals surface area contributed by atoms with Crippen molar-refractivity contribution < 1.29 is 9.59 Å². The van der Waals surface area contributed by atoms with Gasteiger partial charge in [-0.3, -0.25) is 9.59 Å². The van der Waals surface area contributed by atoms with Crippen molar-refractivity contribution in [1.82, 2.24) is 10.6 Å². The minimum atomic E-state index is 0.122. The van der Waals surface area contributed by atoms with Crippen LogP contribution in [0.15, 0.2) is 36.4 Å². The lowest BCUT2D eigenvalue weighted by Gasteiger charge is -2.23. The van der Waals surface area contributed by atoms with E-state index in [9.17, 15) is 9.59 Å². The first-order valence-electron chi connectivity index (χ1n) is 11.8. The van der Waals surface area contributed by atoms with Gasteiger partial charge in [0.1, 0.15) is 0 Å². The molecule has 30 heavy (non-hydrogen) atoms. The van der Waals surface area contributed by atoms with Gasteiger partial charge < -0.3 is 10.6 Å². The van der Waals surface area contributed by atoms with Gasteiger partial charge >= 0.3 is 0 Å². The molecule has 2 aliphatic carbocycles. The molecule has 2 aromatic carbocycles. The molecule has 160 valence electrons. The molecule has 2 amide bonds. The van der Waals surface area contributed by atoms with Gasteiger partial charge in [0.25, 0.3) is 0 Å². The van der Waals surface area contributed by atoms with Crippen molar-refractivity contribution >= 4 is 22.6 Å². The van der Waals surface area contributed by atoms with Crippen LogP contribution in [0.1, 0.15) is 75.3 Å². The SMILES string of the molecule is O=C(Cc1ccc2cc(CC(=O)NC3CCCCC3)ccc2c1)NC1CCCCC1. The summed E-state index contributed by atoms with van der Waals surface area (Å²) < 4.78 is 0. The van der Waals surface area contributed by atoms with Gasteiger partial charge in [-0.25, -0.2) is 0 Å². The van der Waals surface area contributed by atoms with Crippen LogP contribution in [0.2, 0.25) is 0 Å². The Balaban J connectivity index is 1.33. The summed E-state index contributed by atoms with van der Waals surface area (Å²) in [6.07, 6.45) is 12.8. The topological polar surface area (TPSA) is 58.2 Å². The molecule has 0 atom stereocenters. The van der Waals surface area contributed by atoms with E-state index >= 15 is 0 Å². The largest absolute Gasteiger partial charge is 0.353 e. The molecule has 0 unspecified atom stereocenters. The number of carbonyl (C=O) groups excluding carboxylic acids is 2. The number of carbonyl (C=O) groups is 2. The van der Waals surface area contributed by atoms with Crippen LogP contribution in [-0.4, -0.2) is 23.9 Å². The Morgan fingerprint density at radius 3 is 1.43 bits per heavy atom. The van der Waals surface area contributed by atoms with Crippen molar-refractivity contribution in [3.05, 3.63) is 47.5 Å². The molecule has 0 radical (unpaired) electrons. The molecule has 4 nitrogen and oxygen atoms in total. The second-order valence-corrected chi connectivity index (χ2v) is 9.17. The first-order chi connectivity index (χ1) is 14.7. The van der Waals surface area contributed by atoms with Crippen LogP contribution in [0, 0.1) is 0 Å². The van der Waals surface area contributed by atoms with Crippen molar-refractivity contribution in [1.29, 1.82) is 0 Å². The van der Waals surface area contributed by atoms with E-state index in [1.807, 2.05) is 12.1 Å². The average molecular weight is 407 g/mol. The normalized spacial score (nSPS) is 18.3. The van der Waals surface area contributed by atoms with Crippen molar-refractivity contribution in [2.75, 3.05) is 0 Å². The first kappa shape index (κ1) is 20.9. The zero-order valence-corrected chi connectivity index (χ0v) is 17.9. The van der Waals surface area contributed by atoms with Crippen molar-refractivity contribution in [2.24, 2.45) is 0 Å². The highest BCUT2D eigenvalue weighted by atomic mass is 16.2. The lowest BCUT2D eigenvalue weighted by Crippen LogP contribution is -2.37. The molecule has 4 rings (SSSR count). The number of nitrogens with one attached hydrogen (secondary N) is 2. The van der Waals surface area contributed by atoms with Crippen LogP contribution in [0.25, 0.3) is 10.8 Å². The fourth-order valence-corrected chi connectivity index (χ4v) is 4.99. The summed E-state index contributed by atoms with van der Waals surface area (Å²) in [7, 11) is 0. The number of hydrogen-bond donors (Lipinski definition) is 2. The summed E-state index contributed by atoms with van der Waals surface area (Å²) in [5.41, 5.74) is 2.08. The molecule has 0 bridgehead atoms. The van der Waals surface area contributed by atoms with Gasteiger partial charge in [0.05, 0.1) is 12.8 Å². The fourth-order valence-electron chi connectivity index (χ4n) is 4.99. The molecular formula is C26H34N2O2. The summed E-state index contributed by atoms with van der Waals surface area (Å²) in [4.78, 5) is 24.8. The predicted molar refractivity (Wildman–Crippen MR) is 121 cm³/mol. The molecule has 0 heterocycles. The number of hydrogen-bond acceptors (Lipinski definition) is 2. The molecule has 0 spiro atoms. The van der Waals surface area contributed by atoms with Crippen molar-refractivity contribution in [2.45, 2.75) is 89.1 Å². The van der Waals surface area contributed by atoms with E-state index in [4.69, 9.17) is 0 Å². The van der Waals surface area contributed by atoms with E-state index in [0.29, 0.717) is 24.9 Å². The van der Waals surface area contributed by atoms with E-state index in [2.05, 4.69) is 34.9 Å². The van der Waals surface area contributed by atoms with Crippen LogP contribution in [-0.2, 0) is 22.4 Å². The molecule has 0 aromatic heterocycles. The molecule has 4 heteroatoms. The minimum absolute atomic E-state index is 0.122. The number of amides is 2. The van der Waals surface area contributed by atoms with Gasteiger partial charge in [-0.2, -0.15) is 0 Å². The average Bonchev–Trinajstić information content (AvgIpc) is 2.75. The van der Waals surface area contributed by atoms with Gasteiger partial charge in [-0.1, -0.05) is 74.9 Å². The van der Waals surface area contributed by atoms with E-state index in [0.717, 1.165) is 47.6 Å². The van der Waals surface area contributed by atoms with Crippen LogP contribution in [0.4, 0.5) is 0 Å². The second kappa shape index (κ2) is 10.1. The van der Waals surface area contributed by atoms with Gasteiger partial charge in [-0.15, -0.1) is 0 Å². The van der Waals surface area contributed by atoms with Gasteiger partial charge in [0.2, 0.25) is 11.8 Å². The molecule has 2 saturated carbocycles. The van der Waals surface area contributed by atoms with E-state index in [1.54, 1.807) is 0 Å². The molecule has 2 aromatic rings. The Labute approximate surface area is 179 Å². The first-order valence-corrected chi connectivity index (χ1v) is 11.8. The Morgan fingerprint density at radius 1 is 0.633 bits per heavy atom. The smallest absolute Gasteiger partial charge is 0.224 e. The molecule has 2 N–H and O–H groups in total. The van der Waals surface area contributed by atoms with Gasteiger partial charge in [0, 0.05) is 12.1 Å². The summed E-state index contributed by atoms with van der Waals surface area (Å²) >= 11 is 0. The van der Waals surface area contributed by atoms with Crippen molar-refractivity contribution in [3.8, 4) is 0 Å². The summed E-state index contributed by atoms with van der Waals surface area (Å²) in [6, 6.07) is 13.1. The Hall–Kier alpha value is -2.36. The highest BCUT2D eigenvalue weighted by molar-refractivity contribution is 5.87. The lowest BCUT2D eigenvalue weighted by molar-refractivity contribution is -0.122. The zero-order chi connectivity index (χ0) is 20.8. The van der Waals surface area contributed by atoms with E-state index in [1.165, 1.54) is 38.5 Å². The maximum Gasteiger partial charge on any atom is 0.224 e. The molecular weight excluding hydrogens is 372 g/mol. The highest BCUT2D eigenvalue weighted by Crippen LogP contribution is 2.21. The molecule has 0 aliphatic heterocycles. The third-order valence-electron chi connectivity index (χ3n) is 6.64. The second-order valence-electron chi connectivity index (χ2n) is 9.17. The number of benzene rings is 2. The van der Waals surface area contributed by atoms with E-state index < -0.39 is 0 Å². The van der Waals surface area contributed by atoms with Gasteiger partial charge in [-0.05, 0) is 47.6 Å². The molecule has 2 fully saturated rings. The molecule has 0 saturated heterocycles. The standard InChI is InChI=1S/C26H34N2O2/c29-25(27-23-7-3-1-4-8-23)17-19-11-13-22-16-20(12-14-21(22)15-19)18-26(30)28-24-9-5-2-6-10-24/h11-16,23-24H,1-10,17-18H2,(H,27,29)(H,28,30). The third kappa shape index (κ3) is 5.84. The maximum absolute atomic E-state index is 12.4. The summed E-state index contributed by atoms with van der Waals surface area (Å²) in [5.74, 6) is 0.245. The van der Waals surface area contributed by atoms with Crippen LogP contribution >= 0.6 is 0 Å².